The fraction of sp³-hybridized carbons (Fsp3) is 0.118. The summed E-state index contributed by atoms with van der Waals surface area (Å²) in [5.74, 6) is 1.50. The molecule has 22 heavy (non-hydrogen) atoms. The number of hydrogen-bond donors (Lipinski definition) is 1. The number of amidine groups is 1. The number of aliphatic imine (C=N–C) groups is 1. The number of nitrogens with zero attached hydrogens (tertiary/aromatic N) is 4. The summed E-state index contributed by atoms with van der Waals surface area (Å²) in [6, 6.07) is 12.3. The predicted molar refractivity (Wildman–Crippen MR) is 87.9 cm³/mol. The SMILES string of the molecule is C=Cc1nc2c(C3=NCCN3)cc(-c3ccccc3)cn2n1. The molecule has 0 amide bonds. The predicted octanol–water partition coefficient (Wildman–Crippen LogP) is 2.39. The van der Waals surface area contributed by atoms with Crippen LogP contribution in [-0.2, 0) is 0 Å². The minimum absolute atomic E-state index is 0.616. The molecule has 0 atom stereocenters. The standard InChI is InChI=1S/C17H15N5/c1-2-15-20-17-14(16-18-8-9-19-16)10-13(11-22(17)21-15)12-6-4-3-5-7-12/h2-7,10-11H,1,8-9H2,(H,18,19). The van der Waals surface area contributed by atoms with Crippen molar-refractivity contribution in [3.8, 4) is 11.1 Å². The lowest BCUT2D eigenvalue weighted by Crippen LogP contribution is -2.20. The summed E-state index contributed by atoms with van der Waals surface area (Å²) in [4.78, 5) is 9.05. The van der Waals surface area contributed by atoms with E-state index in [9.17, 15) is 0 Å². The van der Waals surface area contributed by atoms with Gasteiger partial charge in [0.25, 0.3) is 0 Å². The Hall–Kier alpha value is -2.95. The molecule has 0 bridgehead atoms. The number of fused-ring (bicyclic) bond motifs is 1. The second-order valence-electron chi connectivity index (χ2n) is 5.11. The molecule has 2 aromatic heterocycles. The third kappa shape index (κ3) is 2.07. The Kier molecular flexibility index (Phi) is 2.96. The minimum atomic E-state index is 0.616. The second kappa shape index (κ2) is 5.11. The number of hydrogen-bond acceptors (Lipinski definition) is 4. The minimum Gasteiger partial charge on any atom is -0.368 e. The van der Waals surface area contributed by atoms with Crippen molar-refractivity contribution in [2.24, 2.45) is 4.99 Å². The summed E-state index contributed by atoms with van der Waals surface area (Å²) in [6.45, 7) is 5.40. The van der Waals surface area contributed by atoms with Gasteiger partial charge in [-0.25, -0.2) is 9.50 Å². The van der Waals surface area contributed by atoms with Gasteiger partial charge in [-0.3, -0.25) is 4.99 Å². The van der Waals surface area contributed by atoms with Crippen molar-refractivity contribution < 1.29 is 0 Å². The average Bonchev–Trinajstić information content (AvgIpc) is 3.23. The van der Waals surface area contributed by atoms with Crippen LogP contribution >= 0.6 is 0 Å². The Bertz CT molecular complexity index is 877. The smallest absolute Gasteiger partial charge is 0.174 e. The lowest BCUT2D eigenvalue weighted by atomic mass is 10.1. The molecule has 5 nitrogen and oxygen atoms in total. The van der Waals surface area contributed by atoms with Crippen molar-refractivity contribution in [3.05, 3.63) is 60.6 Å². The third-order valence-corrected chi connectivity index (χ3v) is 3.67. The zero-order chi connectivity index (χ0) is 14.9. The summed E-state index contributed by atoms with van der Waals surface area (Å²) >= 11 is 0. The van der Waals surface area contributed by atoms with Gasteiger partial charge >= 0.3 is 0 Å². The Morgan fingerprint density at radius 1 is 1.18 bits per heavy atom. The van der Waals surface area contributed by atoms with E-state index in [-0.39, 0.29) is 0 Å². The molecule has 1 aliphatic rings. The van der Waals surface area contributed by atoms with Crippen molar-refractivity contribution in [2.75, 3.05) is 13.1 Å². The zero-order valence-electron chi connectivity index (χ0n) is 12.0. The maximum absolute atomic E-state index is 4.52. The molecule has 3 aromatic rings. The molecule has 3 heterocycles. The van der Waals surface area contributed by atoms with Crippen LogP contribution in [0.4, 0.5) is 0 Å². The van der Waals surface area contributed by atoms with E-state index < -0.39 is 0 Å². The van der Waals surface area contributed by atoms with Gasteiger partial charge in [-0.05, 0) is 17.7 Å². The molecule has 0 saturated carbocycles. The van der Waals surface area contributed by atoms with E-state index in [1.165, 1.54) is 0 Å². The average molecular weight is 289 g/mol. The molecule has 0 saturated heterocycles. The maximum atomic E-state index is 4.52. The van der Waals surface area contributed by atoms with Gasteiger partial charge in [-0.1, -0.05) is 36.9 Å². The largest absolute Gasteiger partial charge is 0.368 e. The van der Waals surface area contributed by atoms with Gasteiger partial charge in [0.1, 0.15) is 5.84 Å². The molecule has 4 rings (SSSR count). The van der Waals surface area contributed by atoms with Gasteiger partial charge in [0, 0.05) is 18.3 Å². The summed E-state index contributed by atoms with van der Waals surface area (Å²) in [5.41, 5.74) is 3.99. The normalized spacial score (nSPS) is 13.9. The fourth-order valence-electron chi connectivity index (χ4n) is 2.63. The van der Waals surface area contributed by atoms with E-state index in [2.05, 4.69) is 45.2 Å². The Balaban J connectivity index is 1.98. The van der Waals surface area contributed by atoms with Crippen LogP contribution in [0.1, 0.15) is 11.4 Å². The molecule has 0 aliphatic carbocycles. The highest BCUT2D eigenvalue weighted by molar-refractivity contribution is 6.05. The van der Waals surface area contributed by atoms with Crippen molar-refractivity contribution in [1.82, 2.24) is 19.9 Å². The van der Waals surface area contributed by atoms with Crippen LogP contribution in [0.15, 0.2) is 54.2 Å². The van der Waals surface area contributed by atoms with E-state index in [4.69, 9.17) is 0 Å². The maximum Gasteiger partial charge on any atom is 0.174 e. The van der Waals surface area contributed by atoms with Crippen molar-refractivity contribution >= 4 is 17.6 Å². The fourth-order valence-corrected chi connectivity index (χ4v) is 2.63. The molecule has 1 aromatic carbocycles. The molecular formula is C17H15N5. The molecule has 1 N–H and O–H groups in total. The molecule has 0 radical (unpaired) electrons. The second-order valence-corrected chi connectivity index (χ2v) is 5.11. The first-order chi connectivity index (χ1) is 10.8. The van der Waals surface area contributed by atoms with E-state index in [1.54, 1.807) is 10.6 Å². The van der Waals surface area contributed by atoms with Crippen molar-refractivity contribution in [1.29, 1.82) is 0 Å². The van der Waals surface area contributed by atoms with E-state index in [0.717, 1.165) is 41.3 Å². The van der Waals surface area contributed by atoms with Crippen LogP contribution in [0.3, 0.4) is 0 Å². The number of aromatic nitrogens is 3. The van der Waals surface area contributed by atoms with Crippen LogP contribution in [0.25, 0.3) is 22.9 Å². The van der Waals surface area contributed by atoms with Gasteiger partial charge in [0.2, 0.25) is 0 Å². The Morgan fingerprint density at radius 3 is 2.77 bits per heavy atom. The first kappa shape index (κ1) is 12.8. The first-order valence-electron chi connectivity index (χ1n) is 7.22. The topological polar surface area (TPSA) is 54.6 Å². The lowest BCUT2D eigenvalue weighted by Gasteiger charge is -2.08. The molecule has 0 spiro atoms. The van der Waals surface area contributed by atoms with Crippen molar-refractivity contribution in [3.63, 3.8) is 0 Å². The van der Waals surface area contributed by atoms with Crippen LogP contribution in [0.2, 0.25) is 0 Å². The van der Waals surface area contributed by atoms with E-state index in [1.807, 2.05) is 24.4 Å². The number of benzene rings is 1. The Labute approximate surface area is 128 Å². The van der Waals surface area contributed by atoms with Crippen LogP contribution < -0.4 is 5.32 Å². The summed E-state index contributed by atoms with van der Waals surface area (Å²) < 4.78 is 1.80. The summed E-state index contributed by atoms with van der Waals surface area (Å²) in [7, 11) is 0. The number of nitrogens with one attached hydrogen (secondary N) is 1. The monoisotopic (exact) mass is 289 g/mol. The van der Waals surface area contributed by atoms with Gasteiger partial charge in [-0.15, -0.1) is 5.10 Å². The molecule has 0 unspecified atom stereocenters. The van der Waals surface area contributed by atoms with Crippen LogP contribution in [-0.4, -0.2) is 33.5 Å². The summed E-state index contributed by atoms with van der Waals surface area (Å²) in [6.07, 6.45) is 3.65. The highest BCUT2D eigenvalue weighted by Gasteiger charge is 2.16. The third-order valence-electron chi connectivity index (χ3n) is 3.67. The van der Waals surface area contributed by atoms with Gasteiger partial charge in [-0.2, -0.15) is 0 Å². The van der Waals surface area contributed by atoms with Crippen molar-refractivity contribution in [2.45, 2.75) is 0 Å². The number of rotatable bonds is 3. The quantitative estimate of drug-likeness (QED) is 0.805. The highest BCUT2D eigenvalue weighted by atomic mass is 15.3. The Morgan fingerprint density at radius 2 is 2.05 bits per heavy atom. The summed E-state index contributed by atoms with van der Waals surface area (Å²) in [5, 5.41) is 7.77. The molecule has 108 valence electrons. The van der Waals surface area contributed by atoms with Gasteiger partial charge in [0.05, 0.1) is 12.1 Å². The van der Waals surface area contributed by atoms with Crippen LogP contribution in [0, 0.1) is 0 Å². The number of pyridine rings is 1. The lowest BCUT2D eigenvalue weighted by molar-refractivity contribution is 0.948. The molecule has 5 heteroatoms. The molecule has 1 aliphatic heterocycles. The highest BCUT2D eigenvalue weighted by Crippen LogP contribution is 2.23. The van der Waals surface area contributed by atoms with Gasteiger partial charge < -0.3 is 5.32 Å². The van der Waals surface area contributed by atoms with Gasteiger partial charge in [0.15, 0.2) is 11.5 Å². The van der Waals surface area contributed by atoms with E-state index >= 15 is 0 Å². The molecule has 0 fully saturated rings. The zero-order valence-corrected chi connectivity index (χ0v) is 12.0. The first-order valence-corrected chi connectivity index (χ1v) is 7.22. The molecular weight excluding hydrogens is 274 g/mol. The van der Waals surface area contributed by atoms with Crippen LogP contribution in [0.5, 0.6) is 0 Å². The van der Waals surface area contributed by atoms with E-state index in [0.29, 0.717) is 5.82 Å².